The molecule has 1 heterocycles. The number of amides is 1. The van der Waals surface area contributed by atoms with Gasteiger partial charge in [0.25, 0.3) is 5.91 Å². The molecule has 0 N–H and O–H groups in total. The van der Waals surface area contributed by atoms with Crippen LogP contribution in [0, 0.1) is 0 Å². The Hall–Kier alpha value is -2.55. The predicted octanol–water partition coefficient (Wildman–Crippen LogP) is 9.91. The Morgan fingerprint density at radius 1 is 0.895 bits per heavy atom. The molecule has 38 heavy (non-hydrogen) atoms. The maximum Gasteiger partial charge on any atom is 0.271 e. The second-order valence-electron chi connectivity index (χ2n) is 8.18. The van der Waals surface area contributed by atoms with Crippen molar-refractivity contribution in [3.05, 3.63) is 126 Å². The van der Waals surface area contributed by atoms with Crippen LogP contribution in [-0.4, -0.2) is 11.1 Å². The Bertz CT molecular complexity index is 1540. The van der Waals surface area contributed by atoms with Gasteiger partial charge >= 0.3 is 0 Å². The molecule has 1 fully saturated rings. The average Bonchev–Trinajstić information content (AvgIpc) is 3.20. The van der Waals surface area contributed by atoms with Gasteiger partial charge in [-0.2, -0.15) is 0 Å². The van der Waals surface area contributed by atoms with E-state index in [0.29, 0.717) is 43.8 Å². The Morgan fingerprint density at radius 3 is 2.24 bits per heavy atom. The molecular weight excluding hydrogens is 671 g/mol. The van der Waals surface area contributed by atoms with Crippen molar-refractivity contribution < 1.29 is 9.53 Å². The number of amidine groups is 1. The largest absolute Gasteiger partial charge is 0.487 e. The van der Waals surface area contributed by atoms with E-state index in [9.17, 15) is 4.79 Å². The molecule has 0 radical (unpaired) electrons. The number of anilines is 1. The lowest BCUT2D eigenvalue weighted by atomic mass is 10.1. The van der Waals surface area contributed by atoms with E-state index in [1.54, 1.807) is 41.3 Å². The molecular formula is C29H18Br2Cl2N2O2S. The lowest BCUT2D eigenvalue weighted by Crippen LogP contribution is -2.28. The third kappa shape index (κ3) is 6.35. The number of thioether (sulfide) groups is 1. The van der Waals surface area contributed by atoms with Crippen molar-refractivity contribution in [3.63, 3.8) is 0 Å². The van der Waals surface area contributed by atoms with E-state index in [1.807, 2.05) is 60.7 Å². The van der Waals surface area contributed by atoms with E-state index < -0.39 is 0 Å². The Morgan fingerprint density at radius 2 is 1.55 bits per heavy atom. The molecule has 190 valence electrons. The predicted molar refractivity (Wildman–Crippen MR) is 166 cm³/mol. The van der Waals surface area contributed by atoms with Gasteiger partial charge in [0.05, 0.1) is 20.8 Å². The fourth-order valence-electron chi connectivity index (χ4n) is 3.70. The Labute approximate surface area is 251 Å². The van der Waals surface area contributed by atoms with Crippen LogP contribution in [0.5, 0.6) is 5.75 Å². The molecule has 0 aliphatic carbocycles. The number of benzene rings is 4. The summed E-state index contributed by atoms with van der Waals surface area (Å²) in [4.78, 5) is 20.6. The molecule has 1 amide bonds. The van der Waals surface area contributed by atoms with Crippen molar-refractivity contribution >= 4 is 95.3 Å². The average molecular weight is 689 g/mol. The van der Waals surface area contributed by atoms with Crippen LogP contribution >= 0.6 is 66.8 Å². The summed E-state index contributed by atoms with van der Waals surface area (Å²) >= 11 is 20.6. The fourth-order valence-corrected chi connectivity index (χ4v) is 6.32. The molecule has 4 aromatic carbocycles. The number of carbonyl (C=O) groups excluding carboxylic acids is 1. The van der Waals surface area contributed by atoms with E-state index in [4.69, 9.17) is 32.9 Å². The number of aliphatic imine (C=N–C) groups is 1. The molecule has 4 aromatic rings. The zero-order chi connectivity index (χ0) is 26.6. The molecule has 1 aliphatic rings. The normalized spacial score (nSPS) is 15.5. The van der Waals surface area contributed by atoms with Crippen LogP contribution in [0.3, 0.4) is 0 Å². The Balaban J connectivity index is 1.54. The van der Waals surface area contributed by atoms with Gasteiger partial charge in [0.2, 0.25) is 0 Å². The summed E-state index contributed by atoms with van der Waals surface area (Å²) in [6, 6.07) is 28.0. The standard InChI is InChI=1S/C29H18Br2Cl2N2O2S/c30-20-14-19(27(25(31)16-20)37-17-18-4-2-1-3-5-18)15-26-28(36)35(24-12-8-22(33)9-13-24)29(38-26)34-23-10-6-21(32)7-11-23/h1-16H,17H2/b26-15-,34-29?. The number of ether oxygens (including phenoxy) is 1. The van der Waals surface area contributed by atoms with Crippen LogP contribution in [0.4, 0.5) is 11.4 Å². The third-order valence-corrected chi connectivity index (χ3v) is 8.01. The molecule has 4 nitrogen and oxygen atoms in total. The minimum Gasteiger partial charge on any atom is -0.487 e. The van der Waals surface area contributed by atoms with Gasteiger partial charge in [-0.15, -0.1) is 0 Å². The first-order valence-corrected chi connectivity index (χ1v) is 14.5. The monoisotopic (exact) mass is 686 g/mol. The summed E-state index contributed by atoms with van der Waals surface area (Å²) in [5, 5.41) is 1.72. The molecule has 0 saturated carbocycles. The number of carbonyl (C=O) groups is 1. The summed E-state index contributed by atoms with van der Waals surface area (Å²) in [5.41, 5.74) is 3.14. The number of halogens is 4. The van der Waals surface area contributed by atoms with E-state index in [2.05, 4.69) is 31.9 Å². The van der Waals surface area contributed by atoms with E-state index in [-0.39, 0.29) is 5.91 Å². The van der Waals surface area contributed by atoms with Gasteiger partial charge in [-0.1, -0.05) is 69.5 Å². The highest BCUT2D eigenvalue weighted by atomic mass is 79.9. The van der Waals surface area contributed by atoms with Gasteiger partial charge < -0.3 is 4.74 Å². The molecule has 0 unspecified atom stereocenters. The van der Waals surface area contributed by atoms with E-state index in [0.717, 1.165) is 20.1 Å². The molecule has 0 spiro atoms. The van der Waals surface area contributed by atoms with E-state index >= 15 is 0 Å². The molecule has 0 atom stereocenters. The molecule has 5 rings (SSSR count). The first-order chi connectivity index (χ1) is 18.4. The Kier molecular flexibility index (Phi) is 8.61. The van der Waals surface area contributed by atoms with Gasteiger partial charge in [-0.05, 0) is 100.0 Å². The highest BCUT2D eigenvalue weighted by Crippen LogP contribution is 2.41. The number of nitrogens with zero attached hydrogens (tertiary/aromatic N) is 2. The van der Waals surface area contributed by atoms with Gasteiger partial charge in [0, 0.05) is 20.1 Å². The van der Waals surface area contributed by atoms with Crippen LogP contribution in [0.2, 0.25) is 10.0 Å². The third-order valence-electron chi connectivity index (χ3n) is 5.49. The lowest BCUT2D eigenvalue weighted by molar-refractivity contribution is -0.113. The topological polar surface area (TPSA) is 41.9 Å². The minimum absolute atomic E-state index is 0.199. The highest BCUT2D eigenvalue weighted by molar-refractivity contribution is 9.11. The number of hydrogen-bond acceptors (Lipinski definition) is 4. The lowest BCUT2D eigenvalue weighted by Gasteiger charge is -2.16. The zero-order valence-corrected chi connectivity index (χ0v) is 25.1. The van der Waals surface area contributed by atoms with Gasteiger partial charge in [-0.25, -0.2) is 4.99 Å². The van der Waals surface area contributed by atoms with Crippen LogP contribution in [0.1, 0.15) is 11.1 Å². The van der Waals surface area contributed by atoms with Gasteiger partial charge in [0.1, 0.15) is 12.4 Å². The van der Waals surface area contributed by atoms with Crippen molar-refractivity contribution in [1.82, 2.24) is 0 Å². The molecule has 9 heteroatoms. The first-order valence-electron chi connectivity index (χ1n) is 11.4. The molecule has 0 bridgehead atoms. The highest BCUT2D eigenvalue weighted by Gasteiger charge is 2.35. The summed E-state index contributed by atoms with van der Waals surface area (Å²) < 4.78 is 7.83. The van der Waals surface area contributed by atoms with E-state index in [1.165, 1.54) is 11.8 Å². The molecule has 0 aromatic heterocycles. The van der Waals surface area contributed by atoms with Crippen molar-refractivity contribution in [2.75, 3.05) is 4.90 Å². The van der Waals surface area contributed by atoms with Crippen molar-refractivity contribution in [2.45, 2.75) is 6.61 Å². The quantitative estimate of drug-likeness (QED) is 0.189. The van der Waals surface area contributed by atoms with Gasteiger partial charge in [-0.3, -0.25) is 9.69 Å². The van der Waals surface area contributed by atoms with Crippen LogP contribution in [0.25, 0.3) is 6.08 Å². The number of rotatable bonds is 6. The summed E-state index contributed by atoms with van der Waals surface area (Å²) in [6.07, 6.45) is 1.83. The summed E-state index contributed by atoms with van der Waals surface area (Å²) in [7, 11) is 0. The SMILES string of the molecule is O=C1/C(=C/c2cc(Br)cc(Br)c2OCc2ccccc2)SC(=Nc2ccc(Cl)cc2)N1c1ccc(Cl)cc1. The van der Waals surface area contributed by atoms with Crippen LogP contribution < -0.4 is 9.64 Å². The van der Waals surface area contributed by atoms with Crippen LogP contribution in [0.15, 0.2) is 110 Å². The van der Waals surface area contributed by atoms with Crippen LogP contribution in [-0.2, 0) is 11.4 Å². The first kappa shape index (κ1) is 27.0. The van der Waals surface area contributed by atoms with Crippen molar-refractivity contribution in [3.8, 4) is 5.75 Å². The van der Waals surface area contributed by atoms with Gasteiger partial charge in [0.15, 0.2) is 5.17 Å². The summed E-state index contributed by atoms with van der Waals surface area (Å²) in [6.45, 7) is 0.387. The zero-order valence-electron chi connectivity index (χ0n) is 19.6. The second-order valence-corrected chi connectivity index (χ2v) is 11.8. The molecule has 1 saturated heterocycles. The summed E-state index contributed by atoms with van der Waals surface area (Å²) in [5.74, 6) is 0.439. The van der Waals surface area contributed by atoms with Crippen molar-refractivity contribution in [1.29, 1.82) is 0 Å². The van der Waals surface area contributed by atoms with Crippen molar-refractivity contribution in [2.24, 2.45) is 4.99 Å². The number of hydrogen-bond donors (Lipinski definition) is 0. The second kappa shape index (κ2) is 12.1. The minimum atomic E-state index is -0.199. The molecule has 1 aliphatic heterocycles. The maximum absolute atomic E-state index is 13.7. The smallest absolute Gasteiger partial charge is 0.271 e. The maximum atomic E-state index is 13.7. The fraction of sp³-hybridized carbons (Fsp3) is 0.0345.